The number of rotatable bonds is 4. The Morgan fingerprint density at radius 3 is 3.00 bits per heavy atom. The summed E-state index contributed by atoms with van der Waals surface area (Å²) >= 11 is 0. The van der Waals surface area contributed by atoms with Gasteiger partial charge in [0.05, 0.1) is 31.1 Å². The van der Waals surface area contributed by atoms with Crippen molar-refractivity contribution in [2.45, 2.75) is 44.5 Å². The highest BCUT2D eigenvalue weighted by Gasteiger charge is 2.28. The maximum atomic E-state index is 10.1. The molecular formula is C12H18N2O3. The molecule has 2 heterocycles. The summed E-state index contributed by atoms with van der Waals surface area (Å²) in [6, 6.07) is 1.74. The van der Waals surface area contributed by atoms with Crippen LogP contribution in [0.2, 0.25) is 0 Å². The fraction of sp³-hybridized carbons (Fsp3) is 0.667. The molecular weight excluding hydrogens is 220 g/mol. The molecule has 0 bridgehead atoms. The van der Waals surface area contributed by atoms with Crippen molar-refractivity contribution in [3.8, 4) is 5.88 Å². The third-order valence-corrected chi connectivity index (χ3v) is 3.02. The molecule has 1 N–H and O–H groups in total. The van der Waals surface area contributed by atoms with Crippen LogP contribution in [0.5, 0.6) is 5.88 Å². The average molecular weight is 238 g/mol. The first-order valence-corrected chi connectivity index (χ1v) is 5.87. The van der Waals surface area contributed by atoms with Gasteiger partial charge in [-0.05, 0) is 19.8 Å². The predicted octanol–water partition coefficient (Wildman–Crippen LogP) is 0.956. The zero-order valence-corrected chi connectivity index (χ0v) is 10.2. The third kappa shape index (κ3) is 3.14. The smallest absolute Gasteiger partial charge is 0.216 e. The van der Waals surface area contributed by atoms with Gasteiger partial charge in [-0.25, -0.2) is 9.97 Å². The van der Waals surface area contributed by atoms with E-state index >= 15 is 0 Å². The highest BCUT2D eigenvalue weighted by atomic mass is 16.5. The number of hydrogen-bond acceptors (Lipinski definition) is 5. The number of hydrogen-bond donors (Lipinski definition) is 1. The van der Waals surface area contributed by atoms with Gasteiger partial charge in [0.2, 0.25) is 5.88 Å². The van der Waals surface area contributed by atoms with E-state index in [1.165, 1.54) is 6.33 Å². The Kier molecular flexibility index (Phi) is 3.91. The first kappa shape index (κ1) is 12.3. The van der Waals surface area contributed by atoms with Gasteiger partial charge >= 0.3 is 0 Å². The minimum absolute atomic E-state index is 0.0778. The monoisotopic (exact) mass is 238 g/mol. The molecule has 1 aromatic heterocycles. The van der Waals surface area contributed by atoms with Gasteiger partial charge in [-0.2, -0.15) is 0 Å². The SMILES string of the molecule is COc1cc(CC(O)C2CCC(C)O2)ncn1. The maximum Gasteiger partial charge on any atom is 0.216 e. The fourth-order valence-electron chi connectivity index (χ4n) is 2.06. The Bertz CT molecular complexity index is 373. The molecule has 1 aromatic rings. The lowest BCUT2D eigenvalue weighted by Gasteiger charge is -2.17. The van der Waals surface area contributed by atoms with E-state index in [2.05, 4.69) is 9.97 Å². The van der Waals surface area contributed by atoms with Crippen LogP contribution >= 0.6 is 0 Å². The first-order chi connectivity index (χ1) is 8.19. The molecule has 94 valence electrons. The summed E-state index contributed by atoms with van der Waals surface area (Å²) in [5.74, 6) is 0.517. The molecule has 1 fully saturated rings. The molecule has 3 unspecified atom stereocenters. The molecule has 0 saturated carbocycles. The van der Waals surface area contributed by atoms with Crippen LogP contribution in [0.25, 0.3) is 0 Å². The molecule has 1 aliphatic heterocycles. The normalized spacial score (nSPS) is 25.8. The van der Waals surface area contributed by atoms with Gasteiger partial charge in [0.15, 0.2) is 0 Å². The van der Waals surface area contributed by atoms with Crippen LogP contribution in [-0.2, 0) is 11.2 Å². The van der Waals surface area contributed by atoms with E-state index in [9.17, 15) is 5.11 Å². The number of ether oxygens (including phenoxy) is 2. The van der Waals surface area contributed by atoms with Crippen LogP contribution in [0.4, 0.5) is 0 Å². The van der Waals surface area contributed by atoms with E-state index < -0.39 is 6.10 Å². The lowest BCUT2D eigenvalue weighted by Crippen LogP contribution is -2.28. The van der Waals surface area contributed by atoms with Crippen molar-refractivity contribution in [2.24, 2.45) is 0 Å². The first-order valence-electron chi connectivity index (χ1n) is 5.87. The largest absolute Gasteiger partial charge is 0.481 e. The lowest BCUT2D eigenvalue weighted by molar-refractivity contribution is -0.0282. The summed E-state index contributed by atoms with van der Waals surface area (Å²) in [6.45, 7) is 2.03. The van der Waals surface area contributed by atoms with Gasteiger partial charge in [0.25, 0.3) is 0 Å². The van der Waals surface area contributed by atoms with E-state index in [1.807, 2.05) is 6.92 Å². The van der Waals surface area contributed by atoms with E-state index in [-0.39, 0.29) is 12.2 Å². The van der Waals surface area contributed by atoms with E-state index in [0.717, 1.165) is 18.5 Å². The number of nitrogens with zero attached hydrogens (tertiary/aromatic N) is 2. The number of aliphatic hydroxyl groups is 1. The molecule has 0 aromatic carbocycles. The standard InChI is InChI=1S/C12H18N2O3/c1-8-3-4-11(17-8)10(15)5-9-6-12(16-2)14-7-13-9/h6-8,10-11,15H,3-5H2,1-2H3. The summed E-state index contributed by atoms with van der Waals surface area (Å²) < 4.78 is 10.6. The zero-order valence-electron chi connectivity index (χ0n) is 10.2. The Morgan fingerprint density at radius 2 is 2.35 bits per heavy atom. The topological polar surface area (TPSA) is 64.5 Å². The molecule has 17 heavy (non-hydrogen) atoms. The number of aliphatic hydroxyl groups excluding tert-OH is 1. The Labute approximate surface area is 101 Å². The minimum Gasteiger partial charge on any atom is -0.481 e. The highest BCUT2D eigenvalue weighted by molar-refractivity contribution is 5.14. The quantitative estimate of drug-likeness (QED) is 0.846. The second kappa shape index (κ2) is 5.42. The van der Waals surface area contributed by atoms with Crippen molar-refractivity contribution in [3.63, 3.8) is 0 Å². The lowest BCUT2D eigenvalue weighted by atomic mass is 10.1. The molecule has 1 aliphatic rings. The molecule has 0 spiro atoms. The Balaban J connectivity index is 1.95. The Hall–Kier alpha value is -1.20. The van der Waals surface area contributed by atoms with Crippen molar-refractivity contribution in [3.05, 3.63) is 18.1 Å². The van der Waals surface area contributed by atoms with Crippen molar-refractivity contribution in [2.75, 3.05) is 7.11 Å². The highest BCUT2D eigenvalue weighted by Crippen LogP contribution is 2.23. The summed E-state index contributed by atoms with van der Waals surface area (Å²) in [5.41, 5.74) is 0.771. The molecule has 2 rings (SSSR count). The van der Waals surface area contributed by atoms with E-state index in [4.69, 9.17) is 9.47 Å². The molecule has 0 aliphatic carbocycles. The van der Waals surface area contributed by atoms with Crippen LogP contribution in [0.3, 0.4) is 0 Å². The number of aromatic nitrogens is 2. The zero-order chi connectivity index (χ0) is 12.3. The summed E-state index contributed by atoms with van der Waals surface area (Å²) in [6.07, 6.45) is 3.48. The van der Waals surface area contributed by atoms with Crippen molar-refractivity contribution < 1.29 is 14.6 Å². The van der Waals surface area contributed by atoms with Crippen molar-refractivity contribution in [1.29, 1.82) is 0 Å². The van der Waals surface area contributed by atoms with Gasteiger partial charge in [0.1, 0.15) is 6.33 Å². The van der Waals surface area contributed by atoms with Crippen molar-refractivity contribution >= 4 is 0 Å². The number of methoxy groups -OCH3 is 1. The van der Waals surface area contributed by atoms with Gasteiger partial charge in [0, 0.05) is 12.5 Å². The molecule has 3 atom stereocenters. The molecule has 0 amide bonds. The van der Waals surface area contributed by atoms with Crippen LogP contribution in [0, 0.1) is 0 Å². The van der Waals surface area contributed by atoms with Crippen molar-refractivity contribution in [1.82, 2.24) is 9.97 Å². The van der Waals surface area contributed by atoms with E-state index in [1.54, 1.807) is 13.2 Å². The van der Waals surface area contributed by atoms with Crippen LogP contribution in [-0.4, -0.2) is 40.5 Å². The summed E-state index contributed by atoms with van der Waals surface area (Å²) in [4.78, 5) is 8.04. The third-order valence-electron chi connectivity index (χ3n) is 3.02. The molecule has 1 saturated heterocycles. The van der Waals surface area contributed by atoms with Gasteiger partial charge < -0.3 is 14.6 Å². The average Bonchev–Trinajstić information content (AvgIpc) is 2.76. The van der Waals surface area contributed by atoms with Crippen LogP contribution in [0.1, 0.15) is 25.5 Å². The second-order valence-corrected chi connectivity index (χ2v) is 4.39. The van der Waals surface area contributed by atoms with Gasteiger partial charge in [-0.15, -0.1) is 0 Å². The molecule has 0 radical (unpaired) electrons. The fourth-order valence-corrected chi connectivity index (χ4v) is 2.06. The second-order valence-electron chi connectivity index (χ2n) is 4.39. The minimum atomic E-state index is -0.514. The van der Waals surface area contributed by atoms with Crippen LogP contribution in [0.15, 0.2) is 12.4 Å². The Morgan fingerprint density at radius 1 is 1.53 bits per heavy atom. The molecule has 5 nitrogen and oxygen atoms in total. The molecule has 5 heteroatoms. The van der Waals surface area contributed by atoms with Gasteiger partial charge in [-0.3, -0.25) is 0 Å². The van der Waals surface area contributed by atoms with Gasteiger partial charge in [-0.1, -0.05) is 0 Å². The summed E-state index contributed by atoms with van der Waals surface area (Å²) in [7, 11) is 1.56. The summed E-state index contributed by atoms with van der Waals surface area (Å²) in [5, 5.41) is 10.1. The maximum absolute atomic E-state index is 10.1. The van der Waals surface area contributed by atoms with E-state index in [0.29, 0.717) is 12.3 Å². The predicted molar refractivity (Wildman–Crippen MR) is 61.9 cm³/mol. The van der Waals surface area contributed by atoms with Crippen LogP contribution < -0.4 is 4.74 Å².